The highest BCUT2D eigenvalue weighted by molar-refractivity contribution is 5.93. The molecule has 1 aromatic heterocycles. The molecule has 5 nitrogen and oxygen atoms in total. The van der Waals surface area contributed by atoms with Crippen molar-refractivity contribution < 1.29 is 4.79 Å². The summed E-state index contributed by atoms with van der Waals surface area (Å²) in [5.74, 6) is 0.979. The number of amides is 1. The Bertz CT molecular complexity index is 638. The second-order valence-electron chi connectivity index (χ2n) is 5.36. The predicted molar refractivity (Wildman–Crippen MR) is 83.2 cm³/mol. The third kappa shape index (κ3) is 2.68. The van der Waals surface area contributed by atoms with Gasteiger partial charge in [-0.15, -0.1) is 0 Å². The molecule has 1 aliphatic rings. The van der Waals surface area contributed by atoms with Crippen LogP contribution in [0.3, 0.4) is 0 Å². The molecule has 1 N–H and O–H groups in total. The van der Waals surface area contributed by atoms with E-state index in [1.807, 2.05) is 24.3 Å². The lowest BCUT2D eigenvalue weighted by atomic mass is 10.2. The van der Waals surface area contributed by atoms with Gasteiger partial charge in [0.1, 0.15) is 18.2 Å². The Labute approximate surface area is 124 Å². The van der Waals surface area contributed by atoms with E-state index in [2.05, 4.69) is 27.1 Å². The van der Waals surface area contributed by atoms with Gasteiger partial charge in [-0.3, -0.25) is 4.79 Å². The fourth-order valence-electron chi connectivity index (χ4n) is 2.88. The van der Waals surface area contributed by atoms with Gasteiger partial charge in [-0.2, -0.15) is 0 Å². The van der Waals surface area contributed by atoms with Crippen molar-refractivity contribution in [3.63, 3.8) is 0 Å². The molecule has 110 valence electrons. The molecule has 0 radical (unpaired) electrons. The van der Waals surface area contributed by atoms with Crippen molar-refractivity contribution in [3.05, 3.63) is 30.6 Å². The first kappa shape index (κ1) is 13.8. The van der Waals surface area contributed by atoms with Crippen LogP contribution in [0, 0.1) is 0 Å². The standard InChI is InChI=1S/C16H20N4O/c1-2-9-17-16(21)14-8-5-10-20(14)15-12-6-3-4-7-13(12)18-11-19-15/h3-4,6-7,11,14H,2,5,8-10H2,1H3,(H,17,21). The number of carbonyl (C=O) groups excluding carboxylic acids is 1. The van der Waals surface area contributed by atoms with Crippen molar-refractivity contribution in [3.8, 4) is 0 Å². The molecule has 1 fully saturated rings. The summed E-state index contributed by atoms with van der Waals surface area (Å²) in [4.78, 5) is 23.2. The van der Waals surface area contributed by atoms with Gasteiger partial charge in [0.2, 0.25) is 5.91 Å². The quantitative estimate of drug-likeness (QED) is 0.934. The number of carbonyl (C=O) groups is 1. The Morgan fingerprint density at radius 3 is 3.10 bits per heavy atom. The average Bonchev–Trinajstić information content (AvgIpc) is 3.01. The number of aromatic nitrogens is 2. The van der Waals surface area contributed by atoms with E-state index in [0.29, 0.717) is 0 Å². The van der Waals surface area contributed by atoms with Crippen LogP contribution in [0.2, 0.25) is 0 Å². The molecule has 1 unspecified atom stereocenters. The molecule has 0 saturated carbocycles. The van der Waals surface area contributed by atoms with E-state index in [9.17, 15) is 4.79 Å². The number of hydrogen-bond acceptors (Lipinski definition) is 4. The molecule has 1 aliphatic heterocycles. The summed E-state index contributed by atoms with van der Waals surface area (Å²) in [6.45, 7) is 3.66. The van der Waals surface area contributed by atoms with Gasteiger partial charge in [0.05, 0.1) is 5.52 Å². The molecule has 1 atom stereocenters. The monoisotopic (exact) mass is 284 g/mol. The smallest absolute Gasteiger partial charge is 0.242 e. The average molecular weight is 284 g/mol. The number of hydrogen-bond donors (Lipinski definition) is 1. The highest BCUT2D eigenvalue weighted by atomic mass is 16.2. The minimum Gasteiger partial charge on any atom is -0.354 e. The lowest BCUT2D eigenvalue weighted by molar-refractivity contribution is -0.122. The largest absolute Gasteiger partial charge is 0.354 e. The van der Waals surface area contributed by atoms with Gasteiger partial charge in [-0.25, -0.2) is 9.97 Å². The zero-order valence-corrected chi connectivity index (χ0v) is 12.2. The molecule has 0 bridgehead atoms. The molecule has 1 amide bonds. The van der Waals surface area contributed by atoms with Crippen LogP contribution < -0.4 is 10.2 Å². The van der Waals surface area contributed by atoms with Crippen molar-refractivity contribution in [2.24, 2.45) is 0 Å². The van der Waals surface area contributed by atoms with E-state index in [0.717, 1.165) is 49.1 Å². The second kappa shape index (κ2) is 6.08. The van der Waals surface area contributed by atoms with E-state index >= 15 is 0 Å². The highest BCUT2D eigenvalue weighted by Gasteiger charge is 2.32. The first-order valence-corrected chi connectivity index (χ1v) is 7.55. The Morgan fingerprint density at radius 2 is 2.24 bits per heavy atom. The van der Waals surface area contributed by atoms with Gasteiger partial charge in [-0.1, -0.05) is 19.1 Å². The number of para-hydroxylation sites is 1. The SMILES string of the molecule is CCCNC(=O)C1CCCN1c1ncnc2ccccc12. The molecule has 1 aromatic carbocycles. The van der Waals surface area contributed by atoms with E-state index in [1.165, 1.54) is 0 Å². The molecule has 0 aliphatic carbocycles. The summed E-state index contributed by atoms with van der Waals surface area (Å²) in [5, 5.41) is 4.01. The molecule has 2 aromatic rings. The zero-order valence-electron chi connectivity index (χ0n) is 12.2. The number of nitrogens with zero attached hydrogens (tertiary/aromatic N) is 3. The van der Waals surface area contributed by atoms with Crippen LogP contribution in [-0.4, -0.2) is 35.0 Å². The fraction of sp³-hybridized carbons (Fsp3) is 0.438. The number of nitrogens with one attached hydrogen (secondary N) is 1. The molecule has 1 saturated heterocycles. The van der Waals surface area contributed by atoms with Gasteiger partial charge in [0, 0.05) is 18.5 Å². The predicted octanol–water partition coefficient (Wildman–Crippen LogP) is 2.12. The maximum Gasteiger partial charge on any atom is 0.242 e. The summed E-state index contributed by atoms with van der Waals surface area (Å²) < 4.78 is 0. The minimum atomic E-state index is -0.116. The topological polar surface area (TPSA) is 58.1 Å². The van der Waals surface area contributed by atoms with Crippen LogP contribution in [0.4, 0.5) is 5.82 Å². The van der Waals surface area contributed by atoms with Crippen LogP contribution in [0.15, 0.2) is 30.6 Å². The zero-order chi connectivity index (χ0) is 14.7. The maximum absolute atomic E-state index is 12.3. The molecule has 5 heteroatoms. The van der Waals surface area contributed by atoms with Gasteiger partial charge in [0.15, 0.2) is 0 Å². The first-order chi connectivity index (χ1) is 10.3. The van der Waals surface area contributed by atoms with Gasteiger partial charge >= 0.3 is 0 Å². The van der Waals surface area contributed by atoms with Crippen LogP contribution in [-0.2, 0) is 4.79 Å². The summed E-state index contributed by atoms with van der Waals surface area (Å²) in [5.41, 5.74) is 0.919. The number of fused-ring (bicyclic) bond motifs is 1. The molecule has 0 spiro atoms. The Balaban J connectivity index is 1.92. The second-order valence-corrected chi connectivity index (χ2v) is 5.36. The van der Waals surface area contributed by atoms with Crippen LogP contribution in [0.1, 0.15) is 26.2 Å². The maximum atomic E-state index is 12.3. The third-order valence-corrected chi connectivity index (χ3v) is 3.90. The van der Waals surface area contributed by atoms with Gasteiger partial charge in [0.25, 0.3) is 0 Å². The molecule has 21 heavy (non-hydrogen) atoms. The molecular weight excluding hydrogens is 264 g/mol. The van der Waals surface area contributed by atoms with Crippen molar-refractivity contribution in [1.82, 2.24) is 15.3 Å². The van der Waals surface area contributed by atoms with Crippen molar-refractivity contribution in [2.45, 2.75) is 32.2 Å². The van der Waals surface area contributed by atoms with E-state index < -0.39 is 0 Å². The van der Waals surface area contributed by atoms with E-state index in [1.54, 1.807) is 6.33 Å². The minimum absolute atomic E-state index is 0.108. The highest BCUT2D eigenvalue weighted by Crippen LogP contribution is 2.29. The Kier molecular flexibility index (Phi) is 3.99. The molecule has 3 rings (SSSR count). The third-order valence-electron chi connectivity index (χ3n) is 3.90. The lowest BCUT2D eigenvalue weighted by Gasteiger charge is -2.25. The summed E-state index contributed by atoms with van der Waals surface area (Å²) in [6.07, 6.45) is 4.43. The Morgan fingerprint density at radius 1 is 1.38 bits per heavy atom. The van der Waals surface area contributed by atoms with Crippen LogP contribution >= 0.6 is 0 Å². The van der Waals surface area contributed by atoms with E-state index in [-0.39, 0.29) is 11.9 Å². The normalized spacial score (nSPS) is 18.1. The van der Waals surface area contributed by atoms with Crippen molar-refractivity contribution in [2.75, 3.05) is 18.0 Å². The fourth-order valence-corrected chi connectivity index (χ4v) is 2.88. The lowest BCUT2D eigenvalue weighted by Crippen LogP contribution is -2.44. The van der Waals surface area contributed by atoms with Crippen LogP contribution in [0.25, 0.3) is 10.9 Å². The summed E-state index contributed by atoms with van der Waals surface area (Å²) >= 11 is 0. The number of rotatable bonds is 4. The number of benzene rings is 1. The molecular formula is C16H20N4O. The Hall–Kier alpha value is -2.17. The summed E-state index contributed by atoms with van der Waals surface area (Å²) in [7, 11) is 0. The van der Waals surface area contributed by atoms with E-state index in [4.69, 9.17) is 0 Å². The number of anilines is 1. The van der Waals surface area contributed by atoms with Crippen molar-refractivity contribution in [1.29, 1.82) is 0 Å². The van der Waals surface area contributed by atoms with Gasteiger partial charge < -0.3 is 10.2 Å². The van der Waals surface area contributed by atoms with Gasteiger partial charge in [-0.05, 0) is 31.4 Å². The molecule has 2 heterocycles. The van der Waals surface area contributed by atoms with Crippen LogP contribution in [0.5, 0.6) is 0 Å². The van der Waals surface area contributed by atoms with Crippen molar-refractivity contribution >= 4 is 22.6 Å². The summed E-state index contributed by atoms with van der Waals surface area (Å²) in [6, 6.07) is 7.83. The first-order valence-electron chi connectivity index (χ1n) is 7.55.